The summed E-state index contributed by atoms with van der Waals surface area (Å²) in [4.78, 5) is 0. The van der Waals surface area contributed by atoms with Crippen LogP contribution in [0.4, 0.5) is 13.2 Å². The predicted molar refractivity (Wildman–Crippen MR) is 30.2 cm³/mol. The van der Waals surface area contributed by atoms with Crippen LogP contribution in [0.25, 0.3) is 0 Å². The van der Waals surface area contributed by atoms with Crippen LogP contribution in [0.2, 0.25) is 0 Å². The summed E-state index contributed by atoms with van der Waals surface area (Å²) >= 11 is 4.72. The molecule has 4 heteroatoms. The Balaban J connectivity index is 4.19. The summed E-state index contributed by atoms with van der Waals surface area (Å²) in [5, 5.41) is -1.16. The third kappa shape index (κ3) is 3.19. The fourth-order valence-electron chi connectivity index (χ4n) is 0.198. The van der Waals surface area contributed by atoms with E-state index in [1.54, 1.807) is 0 Å². The van der Waals surface area contributed by atoms with E-state index in [2.05, 4.69) is 6.58 Å². The maximum Gasteiger partial charge on any atom is 0.426 e. The molecule has 0 unspecified atom stereocenters. The molecule has 0 amide bonds. The Bertz CT molecular complexity index is 134. The van der Waals surface area contributed by atoms with Gasteiger partial charge in [-0.25, -0.2) is 0 Å². The lowest BCUT2D eigenvalue weighted by molar-refractivity contribution is -0.0845. The van der Waals surface area contributed by atoms with Crippen molar-refractivity contribution in [3.8, 4) is 0 Å². The molecule has 9 heavy (non-hydrogen) atoms. The van der Waals surface area contributed by atoms with Crippen molar-refractivity contribution >= 4 is 11.6 Å². The molecular weight excluding hydrogens is 153 g/mol. The minimum Gasteiger partial charge on any atom is -0.165 e. The Morgan fingerprint density at radius 2 is 1.89 bits per heavy atom. The van der Waals surface area contributed by atoms with Gasteiger partial charge in [0.1, 0.15) is 5.03 Å². The highest BCUT2D eigenvalue weighted by molar-refractivity contribution is 6.30. The summed E-state index contributed by atoms with van der Waals surface area (Å²) in [6.45, 7) is 3.05. The van der Waals surface area contributed by atoms with E-state index in [0.717, 1.165) is 6.08 Å². The van der Waals surface area contributed by atoms with Crippen LogP contribution in [0.15, 0.2) is 23.8 Å². The van der Waals surface area contributed by atoms with Crippen LogP contribution in [0.5, 0.6) is 0 Å². The minimum atomic E-state index is -4.43. The Kier molecular flexibility index (Phi) is 2.77. The van der Waals surface area contributed by atoms with E-state index in [9.17, 15) is 13.2 Å². The van der Waals surface area contributed by atoms with Gasteiger partial charge in [-0.1, -0.05) is 24.3 Å². The van der Waals surface area contributed by atoms with E-state index in [0.29, 0.717) is 6.08 Å². The van der Waals surface area contributed by atoms with Crippen molar-refractivity contribution < 1.29 is 13.2 Å². The molecule has 0 spiro atoms. The van der Waals surface area contributed by atoms with Gasteiger partial charge in [0.25, 0.3) is 0 Å². The summed E-state index contributed by atoms with van der Waals surface area (Å²) < 4.78 is 34.2. The van der Waals surface area contributed by atoms with Crippen molar-refractivity contribution in [2.75, 3.05) is 0 Å². The van der Waals surface area contributed by atoms with E-state index >= 15 is 0 Å². The molecule has 0 heterocycles. The molecule has 0 aromatic rings. The quantitative estimate of drug-likeness (QED) is 0.512. The molecule has 0 fully saturated rings. The highest BCUT2D eigenvalue weighted by atomic mass is 35.5. The van der Waals surface area contributed by atoms with Crippen molar-refractivity contribution in [1.29, 1.82) is 0 Å². The smallest absolute Gasteiger partial charge is 0.165 e. The van der Waals surface area contributed by atoms with Gasteiger partial charge in [0.15, 0.2) is 0 Å². The van der Waals surface area contributed by atoms with Crippen LogP contribution in [0, 0.1) is 0 Å². The first-order valence-corrected chi connectivity index (χ1v) is 2.41. The molecule has 0 atom stereocenters. The number of rotatable bonds is 1. The first-order valence-electron chi connectivity index (χ1n) is 2.04. The monoisotopic (exact) mass is 156 g/mol. The van der Waals surface area contributed by atoms with E-state index in [1.165, 1.54) is 0 Å². The number of hydrogen-bond acceptors (Lipinski definition) is 0. The molecule has 0 aliphatic heterocycles. The molecule has 0 aliphatic carbocycles. The molecule has 0 rings (SSSR count). The molecule has 0 nitrogen and oxygen atoms in total. The fourth-order valence-corrected chi connectivity index (χ4v) is 0.287. The largest absolute Gasteiger partial charge is 0.426 e. The van der Waals surface area contributed by atoms with Gasteiger partial charge in [0.05, 0.1) is 0 Å². The van der Waals surface area contributed by atoms with Crippen molar-refractivity contribution in [1.82, 2.24) is 0 Å². The summed E-state index contributed by atoms with van der Waals surface area (Å²) in [5.74, 6) is 0. The Hall–Kier alpha value is -0.440. The zero-order valence-corrected chi connectivity index (χ0v) is 5.13. The van der Waals surface area contributed by atoms with Gasteiger partial charge in [-0.2, -0.15) is 13.2 Å². The van der Waals surface area contributed by atoms with E-state index in [-0.39, 0.29) is 0 Å². The Morgan fingerprint density at radius 3 is 2.00 bits per heavy atom. The molecule has 0 saturated carbocycles. The number of halogens is 4. The third-order valence-electron chi connectivity index (χ3n) is 0.535. The predicted octanol–water partition coefficient (Wildman–Crippen LogP) is 2.86. The summed E-state index contributed by atoms with van der Waals surface area (Å²) in [5.41, 5.74) is 0. The standard InChI is InChI=1S/C5H4ClF3/c1-2-3-4(6)5(7,8)9/h2-3H,1H2. The summed E-state index contributed by atoms with van der Waals surface area (Å²) in [6.07, 6.45) is -2.76. The van der Waals surface area contributed by atoms with Crippen LogP contribution in [-0.2, 0) is 0 Å². The first kappa shape index (κ1) is 8.56. The zero-order valence-electron chi connectivity index (χ0n) is 4.37. The molecule has 0 bridgehead atoms. The maximum atomic E-state index is 11.4. The summed E-state index contributed by atoms with van der Waals surface area (Å²) in [7, 11) is 0. The third-order valence-corrected chi connectivity index (χ3v) is 0.875. The Labute approximate surface area is 55.6 Å². The molecule has 0 aliphatic rings. The molecule has 0 aromatic heterocycles. The van der Waals surface area contributed by atoms with E-state index in [1.807, 2.05) is 0 Å². The fraction of sp³-hybridized carbons (Fsp3) is 0.200. The maximum absolute atomic E-state index is 11.4. The second-order valence-electron chi connectivity index (χ2n) is 1.25. The van der Waals surface area contributed by atoms with E-state index in [4.69, 9.17) is 11.6 Å². The number of allylic oxidation sites excluding steroid dienone is 3. The SMILES string of the molecule is C=CC=C(Cl)C(F)(F)F. The van der Waals surface area contributed by atoms with Crippen LogP contribution in [0.1, 0.15) is 0 Å². The lowest BCUT2D eigenvalue weighted by Crippen LogP contribution is -2.06. The first-order chi connectivity index (χ1) is 3.98. The molecule has 0 radical (unpaired) electrons. The van der Waals surface area contributed by atoms with Crippen molar-refractivity contribution in [3.63, 3.8) is 0 Å². The van der Waals surface area contributed by atoms with Gasteiger partial charge < -0.3 is 0 Å². The van der Waals surface area contributed by atoms with Gasteiger partial charge in [0, 0.05) is 0 Å². The average Bonchev–Trinajstić information content (AvgIpc) is 1.64. The highest BCUT2D eigenvalue weighted by Crippen LogP contribution is 2.28. The normalized spacial score (nSPS) is 13.6. The van der Waals surface area contributed by atoms with Crippen LogP contribution in [0.3, 0.4) is 0 Å². The van der Waals surface area contributed by atoms with Crippen molar-refractivity contribution in [2.24, 2.45) is 0 Å². The molecule has 52 valence electrons. The van der Waals surface area contributed by atoms with Gasteiger partial charge in [0.2, 0.25) is 0 Å². The molecular formula is C5H4ClF3. The Morgan fingerprint density at radius 1 is 1.44 bits per heavy atom. The van der Waals surface area contributed by atoms with Gasteiger partial charge in [-0.3, -0.25) is 0 Å². The van der Waals surface area contributed by atoms with Gasteiger partial charge in [-0.05, 0) is 6.08 Å². The van der Waals surface area contributed by atoms with E-state index < -0.39 is 11.2 Å². The number of hydrogen-bond donors (Lipinski definition) is 0. The van der Waals surface area contributed by atoms with Gasteiger partial charge in [-0.15, -0.1) is 0 Å². The van der Waals surface area contributed by atoms with Crippen LogP contribution in [-0.4, -0.2) is 6.18 Å². The topological polar surface area (TPSA) is 0 Å². The summed E-state index contributed by atoms with van der Waals surface area (Å²) in [6, 6.07) is 0. The van der Waals surface area contributed by atoms with Crippen molar-refractivity contribution in [3.05, 3.63) is 23.8 Å². The van der Waals surface area contributed by atoms with Crippen LogP contribution < -0.4 is 0 Å². The minimum absolute atomic E-state index is 0.696. The second-order valence-corrected chi connectivity index (χ2v) is 1.66. The molecule has 0 saturated heterocycles. The average molecular weight is 157 g/mol. The molecule has 0 N–H and O–H groups in total. The molecule has 0 aromatic carbocycles. The highest BCUT2D eigenvalue weighted by Gasteiger charge is 2.31. The number of alkyl halides is 3. The van der Waals surface area contributed by atoms with Gasteiger partial charge >= 0.3 is 6.18 Å². The zero-order chi connectivity index (χ0) is 7.49. The van der Waals surface area contributed by atoms with Crippen LogP contribution >= 0.6 is 11.6 Å². The van der Waals surface area contributed by atoms with Crippen molar-refractivity contribution in [2.45, 2.75) is 6.18 Å². The lowest BCUT2D eigenvalue weighted by atomic mass is 10.5. The second kappa shape index (κ2) is 2.92. The lowest BCUT2D eigenvalue weighted by Gasteiger charge is -2.01.